The third-order valence-corrected chi connectivity index (χ3v) is 9.44. The molecule has 0 aromatic heterocycles. The van der Waals surface area contributed by atoms with Crippen LogP contribution in [0.3, 0.4) is 0 Å². The molecule has 0 saturated carbocycles. The van der Waals surface area contributed by atoms with Gasteiger partial charge >= 0.3 is 0 Å². The Balaban J connectivity index is 1.30. The molecule has 5 aromatic rings. The lowest BCUT2D eigenvalue weighted by Gasteiger charge is -2.27. The highest BCUT2D eigenvalue weighted by Crippen LogP contribution is 2.43. The van der Waals surface area contributed by atoms with Crippen LogP contribution in [0.4, 0.5) is 11.4 Å². The third kappa shape index (κ3) is 4.96. The van der Waals surface area contributed by atoms with Gasteiger partial charge in [0.25, 0.3) is 23.6 Å². The maximum atomic E-state index is 14.0. The molecule has 2 heterocycles. The predicted octanol–water partition coefficient (Wildman–Crippen LogP) is 9.49. The van der Waals surface area contributed by atoms with Gasteiger partial charge in [0.15, 0.2) is 0 Å². The first-order valence-electron chi connectivity index (χ1n) is 16.3. The molecule has 0 saturated heterocycles. The van der Waals surface area contributed by atoms with E-state index in [1.54, 1.807) is 24.3 Å². The highest BCUT2D eigenvalue weighted by atomic mass is 16.2. The van der Waals surface area contributed by atoms with Gasteiger partial charge in [-0.15, -0.1) is 0 Å². The van der Waals surface area contributed by atoms with Crippen LogP contribution in [0.15, 0.2) is 97.1 Å². The van der Waals surface area contributed by atoms with E-state index in [0.29, 0.717) is 44.8 Å². The Bertz CT molecular complexity index is 2020. The number of aryl methyl sites for hydroxylation is 2. The van der Waals surface area contributed by atoms with Crippen molar-refractivity contribution in [3.63, 3.8) is 0 Å². The van der Waals surface area contributed by atoms with Crippen LogP contribution in [-0.4, -0.2) is 23.6 Å². The van der Waals surface area contributed by atoms with Gasteiger partial charge in [-0.1, -0.05) is 99.5 Å². The zero-order valence-electron chi connectivity index (χ0n) is 27.9. The van der Waals surface area contributed by atoms with E-state index in [1.165, 1.54) is 9.80 Å². The summed E-state index contributed by atoms with van der Waals surface area (Å²) in [5, 5.41) is 0. The molecule has 0 N–H and O–H groups in total. The Morgan fingerprint density at radius 2 is 0.708 bits per heavy atom. The molecule has 5 aromatic carbocycles. The Labute approximate surface area is 280 Å². The molecule has 7 rings (SSSR count). The van der Waals surface area contributed by atoms with Crippen molar-refractivity contribution in [3.05, 3.63) is 142 Å². The monoisotopic (exact) mass is 632 g/mol. The van der Waals surface area contributed by atoms with Crippen molar-refractivity contribution in [2.75, 3.05) is 9.80 Å². The topological polar surface area (TPSA) is 74.8 Å². The van der Waals surface area contributed by atoms with E-state index in [1.807, 2.05) is 114 Å². The number of rotatable bonds is 6. The Morgan fingerprint density at radius 3 is 1.04 bits per heavy atom. The molecule has 0 spiro atoms. The van der Waals surface area contributed by atoms with Crippen LogP contribution < -0.4 is 9.80 Å². The average Bonchev–Trinajstić information content (AvgIpc) is 3.47. The molecule has 0 aliphatic carbocycles. The van der Waals surface area contributed by atoms with Crippen LogP contribution in [-0.2, 0) is 0 Å². The van der Waals surface area contributed by atoms with Crippen LogP contribution in [0.2, 0.25) is 0 Å². The van der Waals surface area contributed by atoms with Crippen molar-refractivity contribution in [1.82, 2.24) is 0 Å². The average molecular weight is 633 g/mol. The molecular weight excluding hydrogens is 596 g/mol. The van der Waals surface area contributed by atoms with E-state index in [0.717, 1.165) is 33.4 Å². The quantitative estimate of drug-likeness (QED) is 0.175. The number of hydrogen-bond donors (Lipinski definition) is 0. The molecular formula is C42H36N2O4. The van der Waals surface area contributed by atoms with Crippen LogP contribution in [0.1, 0.15) is 103 Å². The van der Waals surface area contributed by atoms with Crippen molar-refractivity contribution in [2.45, 2.75) is 53.4 Å². The summed E-state index contributed by atoms with van der Waals surface area (Å²) in [7, 11) is 0. The van der Waals surface area contributed by atoms with Gasteiger partial charge in [0, 0.05) is 0 Å². The maximum absolute atomic E-state index is 14.0. The summed E-state index contributed by atoms with van der Waals surface area (Å²) in [5.74, 6) is -1.82. The van der Waals surface area contributed by atoms with Gasteiger partial charge in [0.1, 0.15) is 0 Å². The van der Waals surface area contributed by atoms with Crippen LogP contribution in [0.25, 0.3) is 22.3 Å². The zero-order valence-corrected chi connectivity index (χ0v) is 27.9. The molecule has 48 heavy (non-hydrogen) atoms. The first kappa shape index (κ1) is 31.0. The zero-order chi connectivity index (χ0) is 34.0. The Kier molecular flexibility index (Phi) is 7.47. The van der Waals surface area contributed by atoms with Gasteiger partial charge in [0.2, 0.25) is 0 Å². The smallest absolute Gasteiger partial charge is 0.266 e. The van der Waals surface area contributed by atoms with E-state index in [2.05, 4.69) is 0 Å². The lowest BCUT2D eigenvalue weighted by molar-refractivity contribution is 0.0909. The van der Waals surface area contributed by atoms with E-state index >= 15 is 0 Å². The Morgan fingerprint density at radius 1 is 0.396 bits per heavy atom. The summed E-state index contributed by atoms with van der Waals surface area (Å²) in [6.45, 7) is 11.9. The summed E-state index contributed by atoms with van der Waals surface area (Å²) < 4.78 is 0. The predicted molar refractivity (Wildman–Crippen MR) is 190 cm³/mol. The molecule has 0 fully saturated rings. The number of carbonyl (C=O) groups excluding carboxylic acids is 4. The molecule has 2 aliphatic rings. The molecule has 4 amide bonds. The fraction of sp³-hybridized carbons (Fsp3) is 0.190. The van der Waals surface area contributed by atoms with Crippen molar-refractivity contribution in [3.8, 4) is 22.3 Å². The largest absolute Gasteiger partial charge is 0.268 e. The first-order valence-corrected chi connectivity index (χ1v) is 16.3. The van der Waals surface area contributed by atoms with Gasteiger partial charge in [-0.25, -0.2) is 9.80 Å². The van der Waals surface area contributed by atoms with E-state index in [-0.39, 0.29) is 23.7 Å². The summed E-state index contributed by atoms with van der Waals surface area (Å²) in [5.41, 5.74) is 9.65. The highest BCUT2D eigenvalue weighted by Gasteiger charge is 2.41. The van der Waals surface area contributed by atoms with Gasteiger partial charge in [-0.05, 0) is 95.5 Å². The molecule has 0 atom stereocenters. The summed E-state index contributed by atoms with van der Waals surface area (Å²) >= 11 is 0. The van der Waals surface area contributed by atoms with Crippen LogP contribution in [0, 0.1) is 13.8 Å². The van der Waals surface area contributed by atoms with Crippen molar-refractivity contribution in [2.24, 2.45) is 0 Å². The van der Waals surface area contributed by atoms with E-state index < -0.39 is 11.8 Å². The van der Waals surface area contributed by atoms with Gasteiger partial charge in [-0.2, -0.15) is 0 Å². The number of amides is 4. The molecule has 6 nitrogen and oxygen atoms in total. The molecule has 0 radical (unpaired) electrons. The second kappa shape index (κ2) is 11.6. The number of benzene rings is 5. The summed E-state index contributed by atoms with van der Waals surface area (Å²) in [6.07, 6.45) is 0. The minimum atomic E-state index is -0.391. The van der Waals surface area contributed by atoms with E-state index in [9.17, 15) is 19.2 Å². The molecule has 0 bridgehead atoms. The van der Waals surface area contributed by atoms with Gasteiger partial charge < -0.3 is 0 Å². The van der Waals surface area contributed by atoms with Gasteiger partial charge in [-0.3, -0.25) is 19.2 Å². The number of hydrogen-bond acceptors (Lipinski definition) is 4. The fourth-order valence-electron chi connectivity index (χ4n) is 6.69. The van der Waals surface area contributed by atoms with Gasteiger partial charge in [0.05, 0.1) is 33.6 Å². The minimum absolute atomic E-state index is 0.129. The number of imide groups is 2. The van der Waals surface area contributed by atoms with Crippen molar-refractivity contribution < 1.29 is 19.2 Å². The molecule has 2 aliphatic heterocycles. The van der Waals surface area contributed by atoms with Crippen molar-refractivity contribution >= 4 is 35.0 Å². The number of fused-ring (bicyclic) bond motifs is 2. The third-order valence-electron chi connectivity index (χ3n) is 9.44. The van der Waals surface area contributed by atoms with Crippen molar-refractivity contribution in [1.29, 1.82) is 0 Å². The second-order valence-electron chi connectivity index (χ2n) is 13.4. The molecule has 0 unspecified atom stereocenters. The minimum Gasteiger partial charge on any atom is -0.268 e. The lowest BCUT2D eigenvalue weighted by Crippen LogP contribution is -2.33. The Hall–Kier alpha value is -5.62. The maximum Gasteiger partial charge on any atom is 0.266 e. The normalized spacial score (nSPS) is 14.1. The fourth-order valence-corrected chi connectivity index (χ4v) is 6.69. The molecule has 6 heteroatoms. The number of nitrogens with zero attached hydrogens (tertiary/aromatic N) is 2. The SMILES string of the molecule is Cc1ccc(-c2ccc3c(c2)C(=O)N(c2cc(C(C)C)c(N4C(=O)c5ccc(-c6ccc(C)cc6)cc5C4=O)cc2C(C)C)C3=O)cc1. The number of anilines is 2. The van der Waals surface area contributed by atoms with E-state index in [4.69, 9.17) is 0 Å². The summed E-state index contributed by atoms with van der Waals surface area (Å²) in [6, 6.07) is 30.5. The lowest BCUT2D eigenvalue weighted by atomic mass is 9.92. The first-order chi connectivity index (χ1) is 22.9. The molecule has 238 valence electrons. The second-order valence-corrected chi connectivity index (χ2v) is 13.4. The highest BCUT2D eigenvalue weighted by molar-refractivity contribution is 6.36. The van der Waals surface area contributed by atoms with Crippen LogP contribution >= 0.6 is 0 Å². The number of carbonyl (C=O) groups is 4. The standard InChI is InChI=1S/C42H36N2O4/c1-23(2)33-21-38(44-40(46)32-18-16-30(20-36(32)42(44)48)28-13-9-26(6)10-14-28)34(24(3)4)22-37(33)43-39(45)31-17-15-29(19-35(31)41(43)47)27-11-7-25(5)8-12-27/h7-24H,1-6H3. The van der Waals surface area contributed by atoms with Crippen LogP contribution in [0.5, 0.6) is 0 Å². The summed E-state index contributed by atoms with van der Waals surface area (Å²) in [4.78, 5) is 58.4.